The Morgan fingerprint density at radius 1 is 0.921 bits per heavy atom. The Labute approximate surface area is 237 Å². The molecule has 206 valence electrons. The number of hydrogen-bond acceptors (Lipinski definition) is 6. The van der Waals surface area contributed by atoms with E-state index >= 15 is 0 Å². The van der Waals surface area contributed by atoms with E-state index in [0.717, 1.165) is 65.9 Å². The van der Waals surface area contributed by atoms with Crippen LogP contribution in [0.1, 0.15) is 56.6 Å². The molecule has 0 radical (unpaired) electrons. The molecule has 5 rings (SSSR count). The minimum Gasteiger partial charge on any atom is -0.398 e. The Hall–Kier alpha value is -2.07. The fraction of sp³-hybridized carbons (Fsp3) is 0.484. The van der Waals surface area contributed by atoms with E-state index in [1.165, 1.54) is 24.0 Å². The van der Waals surface area contributed by atoms with Gasteiger partial charge in [0.05, 0.1) is 6.61 Å². The monoisotopic (exact) mass is 629 g/mol. The quantitative estimate of drug-likeness (QED) is 0.138. The van der Waals surface area contributed by atoms with Gasteiger partial charge in [-0.2, -0.15) is 0 Å². The van der Waals surface area contributed by atoms with E-state index in [9.17, 15) is 0 Å². The average molecular weight is 630 g/mol. The minimum atomic E-state index is 0.0980. The van der Waals surface area contributed by atoms with Gasteiger partial charge in [-0.05, 0) is 29.7 Å². The first-order valence-corrected chi connectivity index (χ1v) is 16.4. The second kappa shape index (κ2) is 12.4. The van der Waals surface area contributed by atoms with E-state index in [4.69, 9.17) is 32.4 Å². The molecule has 3 aliphatic rings. The number of nitrogens with two attached hydrogens (primary N) is 4. The predicted octanol–water partition coefficient (Wildman–Crippen LogP) is 1.77. The van der Waals surface area contributed by atoms with Gasteiger partial charge in [0.15, 0.2) is 0 Å². The van der Waals surface area contributed by atoms with Gasteiger partial charge in [0.25, 0.3) is 0 Å². The minimum absolute atomic E-state index is 0.0980. The number of hydrogen-bond donors (Lipinski definition) is 4. The van der Waals surface area contributed by atoms with Crippen LogP contribution in [0.15, 0.2) is 65.5 Å². The normalized spacial score (nSPS) is 27.5. The van der Waals surface area contributed by atoms with Crippen LogP contribution >= 0.6 is 0 Å². The molecule has 2 fully saturated rings. The summed E-state index contributed by atoms with van der Waals surface area (Å²) in [5.74, 6) is 0.960. The van der Waals surface area contributed by atoms with Crippen molar-refractivity contribution < 1.29 is 30.7 Å². The molecule has 6 nitrogen and oxygen atoms in total. The van der Waals surface area contributed by atoms with E-state index in [2.05, 4.69) is 42.5 Å². The molecule has 1 saturated heterocycles. The third-order valence-electron chi connectivity index (χ3n) is 8.27. The van der Waals surface area contributed by atoms with Gasteiger partial charge in [0, 0.05) is 17.9 Å². The third-order valence-corrected chi connectivity index (χ3v) is 10.7. The van der Waals surface area contributed by atoms with Crippen LogP contribution in [-0.4, -0.2) is 20.9 Å². The van der Waals surface area contributed by atoms with Gasteiger partial charge >= 0.3 is 137 Å². The summed E-state index contributed by atoms with van der Waals surface area (Å²) in [7, 11) is 0. The number of aryl methyl sites for hydroxylation is 1. The number of alkyl halides is 2. The van der Waals surface area contributed by atoms with Crippen LogP contribution in [0.25, 0.3) is 11.1 Å². The van der Waals surface area contributed by atoms with E-state index in [1.807, 2.05) is 13.0 Å². The van der Waals surface area contributed by atoms with Gasteiger partial charge < -0.3 is 10.5 Å². The molecule has 1 saturated carbocycles. The fourth-order valence-electron chi connectivity index (χ4n) is 5.91. The zero-order valence-electron chi connectivity index (χ0n) is 22.4. The summed E-state index contributed by atoms with van der Waals surface area (Å²) in [6, 6.07) is 14.9. The molecule has 0 spiro atoms. The Kier molecular flexibility index (Phi) is 8.98. The molecule has 2 aliphatic carbocycles. The zero-order valence-corrected chi connectivity index (χ0v) is 24.5. The predicted molar refractivity (Wildman–Crippen MR) is 150 cm³/mol. The number of halogens is 1. The largest absolute Gasteiger partial charge is 0.398 e. The summed E-state index contributed by atoms with van der Waals surface area (Å²) in [5, 5.41) is 0. The van der Waals surface area contributed by atoms with Crippen LogP contribution < -0.4 is 44.1 Å². The van der Waals surface area contributed by atoms with E-state index in [1.54, 1.807) is 0 Å². The smallest absolute Gasteiger partial charge is 0.0397 e. The van der Waals surface area contributed by atoms with Crippen molar-refractivity contribution >= 4 is 5.69 Å². The Bertz CT molecular complexity index is 1170. The molecule has 2 aromatic rings. The number of allylic oxidation sites excluding steroid dienone is 3. The second-order valence-electron chi connectivity index (χ2n) is 10.8. The zero-order chi connectivity index (χ0) is 26.6. The van der Waals surface area contributed by atoms with E-state index in [0.29, 0.717) is 39.3 Å². The van der Waals surface area contributed by atoms with Crippen LogP contribution in [0.4, 0.5) is 5.69 Å². The number of benzene rings is 2. The molecule has 0 bridgehead atoms. The van der Waals surface area contributed by atoms with Crippen molar-refractivity contribution in [3.8, 4) is 11.1 Å². The number of ether oxygens (including phenoxy) is 2. The van der Waals surface area contributed by atoms with Gasteiger partial charge in [-0.3, -0.25) is 0 Å². The first kappa shape index (κ1) is 27.5. The van der Waals surface area contributed by atoms with Crippen LogP contribution in [0.2, 0.25) is 0 Å². The standard InChI is InChI=1S/C31H42IN4O2/c1-2-37-18-20-6-15-25(27(33)17-20)21-7-3-19(4-8-21)5-9-23-12-16-26(29(35)28(23)34)22-10-13-24(14-11-22)38-31-30(36)32-31/h3-4,6-8,12,15,17,22,24,26,30-31H,2,5,9-11,13-14,16,18,33-36H2,1H3/q-1/t22?,24?,26?,30-,31-/m0/s1. The van der Waals surface area contributed by atoms with Crippen molar-refractivity contribution in [2.24, 2.45) is 29.0 Å². The molecule has 0 amide bonds. The van der Waals surface area contributed by atoms with Crippen molar-refractivity contribution in [2.45, 2.75) is 72.7 Å². The molecule has 1 heterocycles. The maximum atomic E-state index is 6.64. The van der Waals surface area contributed by atoms with Gasteiger partial charge in [-0.25, -0.2) is 0 Å². The van der Waals surface area contributed by atoms with Crippen molar-refractivity contribution in [3.63, 3.8) is 0 Å². The van der Waals surface area contributed by atoms with E-state index < -0.39 is 0 Å². The van der Waals surface area contributed by atoms with Gasteiger partial charge in [-0.15, -0.1) is 0 Å². The van der Waals surface area contributed by atoms with Crippen LogP contribution in [0, 0.1) is 11.8 Å². The Balaban J connectivity index is 1.13. The van der Waals surface area contributed by atoms with Crippen LogP contribution in [0.5, 0.6) is 0 Å². The number of anilines is 1. The van der Waals surface area contributed by atoms with Gasteiger partial charge in [0.1, 0.15) is 0 Å². The summed E-state index contributed by atoms with van der Waals surface area (Å²) >= 11 is 0.0980. The molecule has 38 heavy (non-hydrogen) atoms. The number of nitrogen functional groups attached to an aromatic ring is 1. The molecule has 8 N–H and O–H groups in total. The SMILES string of the molecule is CCOCc1ccc(-c2ccc(CCC3=CCC(C4CCC(O[C@@H]5[I-][C@H]5N)CC4)C(N)=C3N)cc2)c(N)c1. The molecule has 7 heteroatoms. The summed E-state index contributed by atoms with van der Waals surface area (Å²) in [6.07, 6.45) is 10.1. The molecule has 0 aromatic heterocycles. The molecule has 2 aromatic carbocycles. The van der Waals surface area contributed by atoms with Crippen molar-refractivity contribution in [1.82, 2.24) is 0 Å². The summed E-state index contributed by atoms with van der Waals surface area (Å²) in [4.78, 5) is 0. The van der Waals surface area contributed by atoms with Gasteiger partial charge in [0.2, 0.25) is 0 Å². The summed E-state index contributed by atoms with van der Waals surface area (Å²) in [5.41, 5.74) is 33.8. The second-order valence-corrected chi connectivity index (χ2v) is 14.2. The molecule has 3 atom stereocenters. The molecule has 1 aliphatic heterocycles. The van der Waals surface area contributed by atoms with Crippen molar-refractivity contribution in [2.75, 3.05) is 12.3 Å². The molecular formula is C31H42IN4O2-. The summed E-state index contributed by atoms with van der Waals surface area (Å²) in [6.45, 7) is 3.28. The van der Waals surface area contributed by atoms with Crippen molar-refractivity contribution in [3.05, 3.63) is 76.6 Å². The first-order valence-electron chi connectivity index (χ1n) is 14.0. The fourth-order valence-corrected chi connectivity index (χ4v) is 7.24. The maximum absolute atomic E-state index is 6.64. The first-order chi connectivity index (χ1) is 18.4. The van der Waals surface area contributed by atoms with Crippen molar-refractivity contribution in [1.29, 1.82) is 0 Å². The number of rotatable bonds is 10. The Morgan fingerprint density at radius 3 is 2.29 bits per heavy atom. The Morgan fingerprint density at radius 2 is 1.63 bits per heavy atom. The van der Waals surface area contributed by atoms with Crippen LogP contribution in [-0.2, 0) is 22.5 Å². The topological polar surface area (TPSA) is 123 Å². The maximum Gasteiger partial charge on any atom is 0.0397 e. The van der Waals surface area contributed by atoms with Crippen LogP contribution in [0.3, 0.4) is 0 Å². The average Bonchev–Trinajstić information content (AvgIpc) is 3.63. The van der Waals surface area contributed by atoms with Gasteiger partial charge in [-0.1, -0.05) is 36.4 Å². The molecule has 1 unspecified atom stereocenters. The van der Waals surface area contributed by atoms with E-state index in [-0.39, 0.29) is 21.2 Å². The molecular weight excluding hydrogens is 587 g/mol. The third kappa shape index (κ3) is 6.55. The summed E-state index contributed by atoms with van der Waals surface area (Å²) < 4.78 is 12.4.